The molecule has 0 unspecified atom stereocenters. The molecule has 2 aromatic heterocycles. The van der Waals surface area contributed by atoms with Gasteiger partial charge in [0.05, 0.1) is 18.6 Å². The molecule has 180 valence electrons. The number of dihydropyridines is 1. The van der Waals surface area contributed by atoms with E-state index in [1.165, 1.54) is 4.88 Å². The SMILES string of the molecule is COc1ccc(COC(=O)C2=C(C)NC3=C(C(=O)C[C@@H](c4cccs4)C3)[C@@H]2c2ccc(C)o2)cc1. The predicted molar refractivity (Wildman–Crippen MR) is 133 cm³/mol. The van der Waals surface area contributed by atoms with Crippen molar-refractivity contribution in [1.29, 1.82) is 0 Å². The fraction of sp³-hybridized carbons (Fsp3) is 0.286. The second-order valence-corrected chi connectivity index (χ2v) is 9.88. The Labute approximate surface area is 208 Å². The molecule has 7 heteroatoms. The summed E-state index contributed by atoms with van der Waals surface area (Å²) in [5, 5.41) is 5.41. The number of nitrogens with one attached hydrogen (secondary N) is 1. The highest BCUT2D eigenvalue weighted by atomic mass is 32.1. The first-order valence-electron chi connectivity index (χ1n) is 11.6. The molecular weight excluding hydrogens is 462 g/mol. The molecule has 3 aromatic rings. The van der Waals surface area contributed by atoms with Gasteiger partial charge in [0.15, 0.2) is 5.78 Å². The highest BCUT2D eigenvalue weighted by Crippen LogP contribution is 2.46. The number of allylic oxidation sites excluding steroid dienone is 3. The maximum atomic E-state index is 13.5. The van der Waals surface area contributed by atoms with Crippen LogP contribution in [0.5, 0.6) is 5.75 Å². The largest absolute Gasteiger partial charge is 0.497 e. The molecule has 0 saturated heterocycles. The van der Waals surface area contributed by atoms with E-state index < -0.39 is 11.9 Å². The van der Waals surface area contributed by atoms with Gasteiger partial charge in [-0.3, -0.25) is 4.79 Å². The Kier molecular flexibility index (Phi) is 6.34. The maximum Gasteiger partial charge on any atom is 0.337 e. The fourth-order valence-electron chi connectivity index (χ4n) is 4.88. The zero-order chi connectivity index (χ0) is 24.5. The van der Waals surface area contributed by atoms with Gasteiger partial charge in [-0.1, -0.05) is 18.2 Å². The molecule has 2 atom stereocenters. The number of carbonyl (C=O) groups is 2. The van der Waals surface area contributed by atoms with Gasteiger partial charge in [-0.25, -0.2) is 4.79 Å². The van der Waals surface area contributed by atoms with Gasteiger partial charge in [0.25, 0.3) is 0 Å². The van der Waals surface area contributed by atoms with Crippen molar-refractivity contribution in [3.8, 4) is 5.75 Å². The molecule has 35 heavy (non-hydrogen) atoms. The number of Topliss-reactive ketones (excluding diaryl/α,β-unsaturated/α-hetero) is 1. The highest BCUT2D eigenvalue weighted by molar-refractivity contribution is 7.10. The fourth-order valence-corrected chi connectivity index (χ4v) is 5.71. The van der Waals surface area contributed by atoms with Crippen molar-refractivity contribution in [1.82, 2.24) is 5.32 Å². The number of benzene rings is 1. The Morgan fingerprint density at radius 2 is 1.91 bits per heavy atom. The van der Waals surface area contributed by atoms with Crippen molar-refractivity contribution in [3.05, 3.63) is 98.4 Å². The van der Waals surface area contributed by atoms with Gasteiger partial charge < -0.3 is 19.2 Å². The quantitative estimate of drug-likeness (QED) is 0.444. The summed E-state index contributed by atoms with van der Waals surface area (Å²) in [4.78, 5) is 28.1. The average molecular weight is 490 g/mol. The van der Waals surface area contributed by atoms with E-state index in [2.05, 4.69) is 11.4 Å². The summed E-state index contributed by atoms with van der Waals surface area (Å²) >= 11 is 1.67. The van der Waals surface area contributed by atoms with E-state index in [1.54, 1.807) is 18.4 Å². The summed E-state index contributed by atoms with van der Waals surface area (Å²) in [6.07, 6.45) is 1.12. The number of aryl methyl sites for hydroxylation is 1. The van der Waals surface area contributed by atoms with Gasteiger partial charge in [0, 0.05) is 34.2 Å². The summed E-state index contributed by atoms with van der Waals surface area (Å²) in [7, 11) is 1.61. The third-order valence-electron chi connectivity index (χ3n) is 6.57. The molecule has 2 aliphatic rings. The molecule has 0 saturated carbocycles. The molecule has 1 N–H and O–H groups in total. The van der Waals surface area contributed by atoms with E-state index in [0.717, 1.165) is 22.8 Å². The van der Waals surface area contributed by atoms with E-state index in [-0.39, 0.29) is 18.3 Å². The van der Waals surface area contributed by atoms with Crippen molar-refractivity contribution in [2.45, 2.75) is 45.1 Å². The number of furan rings is 1. The summed E-state index contributed by atoms with van der Waals surface area (Å²) in [6, 6.07) is 15.2. The lowest BCUT2D eigenvalue weighted by molar-refractivity contribution is -0.140. The summed E-state index contributed by atoms with van der Waals surface area (Å²) in [5.74, 6) is 1.14. The zero-order valence-electron chi connectivity index (χ0n) is 19.9. The van der Waals surface area contributed by atoms with Gasteiger partial charge in [0.1, 0.15) is 23.9 Å². The van der Waals surface area contributed by atoms with Gasteiger partial charge in [-0.2, -0.15) is 0 Å². The molecule has 5 rings (SSSR count). The Bertz CT molecular complexity index is 1310. The molecule has 1 aromatic carbocycles. The number of thiophene rings is 1. The Morgan fingerprint density at radius 3 is 2.57 bits per heavy atom. The lowest BCUT2D eigenvalue weighted by Gasteiger charge is -2.35. The minimum absolute atomic E-state index is 0.0316. The number of rotatable bonds is 6. The number of carbonyl (C=O) groups excluding carboxylic acids is 2. The van der Waals surface area contributed by atoms with Crippen LogP contribution < -0.4 is 10.1 Å². The van der Waals surface area contributed by atoms with E-state index in [1.807, 2.05) is 61.7 Å². The number of ether oxygens (including phenoxy) is 2. The molecule has 1 aliphatic heterocycles. The number of ketones is 1. The van der Waals surface area contributed by atoms with Crippen molar-refractivity contribution >= 4 is 23.1 Å². The first-order valence-corrected chi connectivity index (χ1v) is 12.5. The molecule has 1 aliphatic carbocycles. The molecule has 0 fully saturated rings. The summed E-state index contributed by atoms with van der Waals surface area (Å²) < 4.78 is 16.9. The van der Waals surface area contributed by atoms with Crippen molar-refractivity contribution in [3.63, 3.8) is 0 Å². The second-order valence-electron chi connectivity index (χ2n) is 8.91. The normalized spacial score (nSPS) is 19.9. The summed E-state index contributed by atoms with van der Waals surface area (Å²) in [6.45, 7) is 3.83. The maximum absolute atomic E-state index is 13.5. The van der Waals surface area contributed by atoms with Crippen molar-refractivity contribution in [2.24, 2.45) is 0 Å². The third kappa shape index (κ3) is 4.56. The Hall–Kier alpha value is -3.58. The van der Waals surface area contributed by atoms with E-state index in [0.29, 0.717) is 35.4 Å². The Morgan fingerprint density at radius 1 is 1.11 bits per heavy atom. The smallest absolute Gasteiger partial charge is 0.337 e. The van der Waals surface area contributed by atoms with Gasteiger partial charge in [-0.15, -0.1) is 11.3 Å². The van der Waals surface area contributed by atoms with Crippen LogP contribution in [0.25, 0.3) is 0 Å². The lowest BCUT2D eigenvalue weighted by Crippen LogP contribution is -2.35. The highest BCUT2D eigenvalue weighted by Gasteiger charge is 2.43. The molecule has 6 nitrogen and oxygen atoms in total. The summed E-state index contributed by atoms with van der Waals surface area (Å²) in [5.41, 5.74) is 3.41. The van der Waals surface area contributed by atoms with Gasteiger partial charge in [0.2, 0.25) is 0 Å². The van der Waals surface area contributed by atoms with Crippen LogP contribution in [0.15, 0.2) is 80.9 Å². The molecule has 0 spiro atoms. The minimum atomic E-state index is -0.597. The average Bonchev–Trinajstić information content (AvgIpc) is 3.54. The molecule has 0 bridgehead atoms. The molecular formula is C28H27NO5S. The van der Waals surface area contributed by atoms with Crippen molar-refractivity contribution in [2.75, 3.05) is 7.11 Å². The third-order valence-corrected chi connectivity index (χ3v) is 7.60. The van der Waals surface area contributed by atoms with Crippen LogP contribution in [-0.2, 0) is 20.9 Å². The Balaban J connectivity index is 1.46. The van der Waals surface area contributed by atoms with Crippen LogP contribution in [0.4, 0.5) is 0 Å². The lowest BCUT2D eigenvalue weighted by atomic mass is 9.74. The van der Waals surface area contributed by atoms with E-state index >= 15 is 0 Å². The number of hydrogen-bond acceptors (Lipinski definition) is 7. The van der Waals surface area contributed by atoms with E-state index in [9.17, 15) is 9.59 Å². The van der Waals surface area contributed by atoms with E-state index in [4.69, 9.17) is 13.9 Å². The van der Waals surface area contributed by atoms with Crippen LogP contribution in [0.1, 0.15) is 53.6 Å². The van der Waals surface area contributed by atoms with Crippen LogP contribution in [0.3, 0.4) is 0 Å². The number of methoxy groups -OCH3 is 1. The zero-order valence-corrected chi connectivity index (χ0v) is 20.7. The van der Waals surface area contributed by atoms with Gasteiger partial charge in [-0.05, 0) is 61.5 Å². The van der Waals surface area contributed by atoms with Crippen molar-refractivity contribution < 1.29 is 23.5 Å². The van der Waals surface area contributed by atoms with Gasteiger partial charge >= 0.3 is 5.97 Å². The molecule has 0 amide bonds. The number of esters is 1. The molecule has 3 heterocycles. The second kappa shape index (κ2) is 9.58. The van der Waals surface area contributed by atoms with Crippen LogP contribution in [0.2, 0.25) is 0 Å². The number of hydrogen-bond donors (Lipinski definition) is 1. The molecule has 0 radical (unpaired) electrons. The first-order chi connectivity index (χ1) is 16.9. The standard InChI is InChI=1S/C28H27NO5S/c1-16-6-11-23(34-16)27-25(28(31)33-15-18-7-9-20(32-3)10-8-18)17(2)29-21-13-19(14-22(30)26(21)27)24-5-4-12-35-24/h4-12,19,27,29H,13-15H2,1-3H3/t19-,27+/m0/s1. The predicted octanol–water partition coefficient (Wildman–Crippen LogP) is 5.76. The monoisotopic (exact) mass is 489 g/mol. The minimum Gasteiger partial charge on any atom is -0.497 e. The topological polar surface area (TPSA) is 77.8 Å². The van der Waals surface area contributed by atoms with Crippen LogP contribution in [0, 0.1) is 6.92 Å². The first kappa shape index (κ1) is 23.2. The van der Waals surface area contributed by atoms with Crippen LogP contribution in [-0.4, -0.2) is 18.9 Å². The van der Waals surface area contributed by atoms with Crippen LogP contribution >= 0.6 is 11.3 Å².